The van der Waals surface area contributed by atoms with Gasteiger partial charge in [-0.05, 0) is 0 Å². The maximum Gasteiger partial charge on any atom is 0.349 e. The Morgan fingerprint density at radius 2 is 2.50 bits per heavy atom. The summed E-state index contributed by atoms with van der Waals surface area (Å²) in [6.45, 7) is 0.668. The predicted molar refractivity (Wildman–Crippen MR) is 68.0 cm³/mol. The Labute approximate surface area is 115 Å². The summed E-state index contributed by atoms with van der Waals surface area (Å²) in [7, 11) is 1.54. The summed E-state index contributed by atoms with van der Waals surface area (Å²) < 4.78 is 17.9. The van der Waals surface area contributed by atoms with E-state index >= 15 is 0 Å². The Bertz CT molecular complexity index is 558. The number of methoxy groups -OCH3 is 1. The Kier molecular flexibility index (Phi) is 3.25. The van der Waals surface area contributed by atoms with E-state index in [-0.39, 0.29) is 6.61 Å². The molecule has 1 aromatic rings. The molecule has 0 aliphatic carbocycles. The number of hydrogen-bond donors (Lipinski definition) is 2. The van der Waals surface area contributed by atoms with Crippen molar-refractivity contribution in [2.45, 2.75) is 30.5 Å². The zero-order valence-corrected chi connectivity index (χ0v) is 11.1. The second-order valence-electron chi connectivity index (χ2n) is 5.11. The van der Waals surface area contributed by atoms with Gasteiger partial charge in [-0.1, -0.05) is 0 Å². The topological polar surface area (TPSA) is 109 Å². The third-order valence-corrected chi connectivity index (χ3v) is 3.82. The van der Waals surface area contributed by atoms with Gasteiger partial charge in [0.2, 0.25) is 0 Å². The molecular formula is C12H17N3O5. The van der Waals surface area contributed by atoms with Crippen molar-refractivity contribution in [2.24, 2.45) is 0 Å². The molecule has 2 aliphatic heterocycles. The lowest BCUT2D eigenvalue weighted by Gasteiger charge is -2.34. The number of aliphatic hydroxyl groups is 1. The van der Waals surface area contributed by atoms with E-state index in [0.717, 1.165) is 0 Å². The first kappa shape index (κ1) is 13.5. The number of aliphatic hydroxyl groups excluding tert-OH is 1. The molecule has 8 heteroatoms. The van der Waals surface area contributed by atoms with Gasteiger partial charge in [0.15, 0.2) is 6.23 Å². The highest BCUT2D eigenvalue weighted by atomic mass is 16.6. The third kappa shape index (κ3) is 1.92. The number of nitrogens with two attached hydrogens (primary N) is 1. The lowest BCUT2D eigenvalue weighted by atomic mass is 9.90. The minimum absolute atomic E-state index is 0.231. The van der Waals surface area contributed by atoms with Crippen LogP contribution in [-0.2, 0) is 14.2 Å². The second-order valence-corrected chi connectivity index (χ2v) is 5.11. The van der Waals surface area contributed by atoms with Gasteiger partial charge in [-0.3, -0.25) is 4.57 Å². The quantitative estimate of drug-likeness (QED) is 0.724. The van der Waals surface area contributed by atoms with Crippen LogP contribution >= 0.6 is 0 Å². The molecule has 0 saturated carbocycles. The first-order valence-electron chi connectivity index (χ1n) is 6.37. The molecular weight excluding hydrogens is 266 g/mol. The van der Waals surface area contributed by atoms with Gasteiger partial charge in [0, 0.05) is 19.7 Å². The van der Waals surface area contributed by atoms with E-state index in [1.54, 1.807) is 0 Å². The van der Waals surface area contributed by atoms with Crippen LogP contribution in [-0.4, -0.2) is 52.8 Å². The molecule has 0 radical (unpaired) electrons. The van der Waals surface area contributed by atoms with E-state index in [0.29, 0.717) is 18.7 Å². The Morgan fingerprint density at radius 1 is 1.70 bits per heavy atom. The lowest BCUT2D eigenvalue weighted by Crippen LogP contribution is -2.51. The average molecular weight is 283 g/mol. The standard InChI is InChI=1S/C12H17N3O5/c1-18-6-12-2-3-19-8(9(12)16)10(20-12)15-5-7(13)4-14-11(15)17/h4-5,8-10,16H,2-3,6,13H2,1H3/t8?,9?,10-,12-/m1/s1. The van der Waals surface area contributed by atoms with Gasteiger partial charge in [-0.2, -0.15) is 4.98 Å². The molecule has 2 fully saturated rings. The normalized spacial score (nSPS) is 36.2. The highest BCUT2D eigenvalue weighted by Gasteiger charge is 2.58. The molecule has 2 saturated heterocycles. The fourth-order valence-electron chi connectivity index (χ4n) is 2.86. The van der Waals surface area contributed by atoms with Gasteiger partial charge in [0.1, 0.15) is 17.8 Å². The average Bonchev–Trinajstić information content (AvgIpc) is 2.59. The first-order chi connectivity index (χ1) is 9.57. The van der Waals surface area contributed by atoms with E-state index in [2.05, 4.69) is 4.98 Å². The van der Waals surface area contributed by atoms with Gasteiger partial charge in [0.25, 0.3) is 0 Å². The van der Waals surface area contributed by atoms with E-state index in [1.807, 2.05) is 0 Å². The zero-order chi connectivity index (χ0) is 14.3. The van der Waals surface area contributed by atoms with Gasteiger partial charge < -0.3 is 25.1 Å². The molecule has 3 N–H and O–H groups in total. The van der Waals surface area contributed by atoms with Crippen LogP contribution in [0.1, 0.15) is 12.6 Å². The van der Waals surface area contributed by atoms with Crippen molar-refractivity contribution >= 4 is 5.69 Å². The van der Waals surface area contributed by atoms with Crippen molar-refractivity contribution in [2.75, 3.05) is 26.1 Å². The Hall–Kier alpha value is -1.48. The molecule has 2 unspecified atom stereocenters. The van der Waals surface area contributed by atoms with E-state index in [1.165, 1.54) is 24.1 Å². The number of ether oxygens (including phenoxy) is 3. The van der Waals surface area contributed by atoms with Crippen molar-refractivity contribution in [3.05, 3.63) is 22.9 Å². The molecule has 0 aromatic carbocycles. The molecule has 8 nitrogen and oxygen atoms in total. The molecule has 2 bridgehead atoms. The van der Waals surface area contributed by atoms with E-state index in [4.69, 9.17) is 19.9 Å². The lowest BCUT2D eigenvalue weighted by molar-refractivity contribution is -0.149. The van der Waals surface area contributed by atoms with Crippen molar-refractivity contribution in [1.82, 2.24) is 9.55 Å². The highest BCUT2D eigenvalue weighted by Crippen LogP contribution is 2.44. The van der Waals surface area contributed by atoms with Crippen LogP contribution in [0.25, 0.3) is 0 Å². The monoisotopic (exact) mass is 283 g/mol. The number of anilines is 1. The molecule has 2 aliphatic rings. The summed E-state index contributed by atoms with van der Waals surface area (Å²) in [4.78, 5) is 15.5. The van der Waals surface area contributed by atoms with Crippen molar-refractivity contribution < 1.29 is 19.3 Å². The van der Waals surface area contributed by atoms with E-state index in [9.17, 15) is 9.90 Å². The molecule has 3 rings (SSSR count). The number of nitrogen functional groups attached to an aromatic ring is 1. The van der Waals surface area contributed by atoms with E-state index < -0.39 is 29.7 Å². The number of nitrogens with zero attached hydrogens (tertiary/aromatic N) is 2. The third-order valence-electron chi connectivity index (χ3n) is 3.82. The van der Waals surface area contributed by atoms with Crippen LogP contribution in [0, 0.1) is 0 Å². The van der Waals surface area contributed by atoms with Crippen LogP contribution in [0.2, 0.25) is 0 Å². The summed E-state index contributed by atoms with van der Waals surface area (Å²) in [5.74, 6) is 0. The van der Waals surface area contributed by atoms with Gasteiger partial charge in [-0.15, -0.1) is 0 Å². The molecule has 0 spiro atoms. The van der Waals surface area contributed by atoms with Gasteiger partial charge in [0.05, 0.1) is 25.1 Å². The largest absolute Gasteiger partial charge is 0.396 e. The molecule has 0 amide bonds. The van der Waals surface area contributed by atoms with Gasteiger partial charge in [-0.25, -0.2) is 4.79 Å². The van der Waals surface area contributed by atoms with Crippen LogP contribution in [0.15, 0.2) is 17.2 Å². The fourth-order valence-corrected chi connectivity index (χ4v) is 2.86. The Balaban J connectivity index is 1.99. The number of rotatable bonds is 3. The second kappa shape index (κ2) is 4.81. The molecule has 3 heterocycles. The summed E-state index contributed by atoms with van der Waals surface area (Å²) in [6.07, 6.45) is 0.958. The van der Waals surface area contributed by atoms with Crippen molar-refractivity contribution in [1.29, 1.82) is 0 Å². The van der Waals surface area contributed by atoms with Crippen molar-refractivity contribution in [3.8, 4) is 0 Å². The first-order valence-corrected chi connectivity index (χ1v) is 6.37. The summed E-state index contributed by atoms with van der Waals surface area (Å²) in [5, 5.41) is 10.4. The number of hydrogen-bond acceptors (Lipinski definition) is 7. The minimum atomic E-state index is -0.866. The highest BCUT2D eigenvalue weighted by molar-refractivity contribution is 5.30. The van der Waals surface area contributed by atoms with Crippen LogP contribution in [0.5, 0.6) is 0 Å². The fraction of sp³-hybridized carbons (Fsp3) is 0.667. The smallest absolute Gasteiger partial charge is 0.349 e. The molecule has 110 valence electrons. The van der Waals surface area contributed by atoms with Crippen LogP contribution in [0.3, 0.4) is 0 Å². The molecule has 4 atom stereocenters. The van der Waals surface area contributed by atoms with Crippen LogP contribution < -0.4 is 11.4 Å². The minimum Gasteiger partial charge on any atom is -0.396 e. The molecule has 20 heavy (non-hydrogen) atoms. The zero-order valence-electron chi connectivity index (χ0n) is 11.1. The van der Waals surface area contributed by atoms with Crippen LogP contribution in [0.4, 0.5) is 5.69 Å². The number of aromatic nitrogens is 2. The Morgan fingerprint density at radius 3 is 3.25 bits per heavy atom. The summed E-state index contributed by atoms with van der Waals surface area (Å²) >= 11 is 0. The molecule has 1 aromatic heterocycles. The maximum atomic E-state index is 11.9. The summed E-state index contributed by atoms with van der Waals surface area (Å²) in [6, 6.07) is 0. The maximum absolute atomic E-state index is 11.9. The number of fused-ring (bicyclic) bond motifs is 2. The van der Waals surface area contributed by atoms with Crippen molar-refractivity contribution in [3.63, 3.8) is 0 Å². The van der Waals surface area contributed by atoms with Gasteiger partial charge >= 0.3 is 5.69 Å². The SMILES string of the molecule is COC[C@]12CCOC(C1O)[C@H](n1cc(N)cnc1=O)O2. The summed E-state index contributed by atoms with van der Waals surface area (Å²) in [5.41, 5.74) is 4.64. The predicted octanol–water partition coefficient (Wildman–Crippen LogP) is -1.11.